The van der Waals surface area contributed by atoms with Gasteiger partial charge in [-0.25, -0.2) is 15.0 Å². The second kappa shape index (κ2) is 13.0. The zero-order chi connectivity index (χ0) is 32.1. The second-order valence-corrected chi connectivity index (χ2v) is 11.0. The number of imidazole rings is 1. The smallest absolute Gasteiger partial charge is 0.324 e. The number of hydrogen-bond donors (Lipinski definition) is 3. The van der Waals surface area contributed by atoms with Crippen molar-refractivity contribution in [3.05, 3.63) is 108 Å². The molecule has 0 aliphatic heterocycles. The molecule has 3 N–H and O–H groups in total. The largest absolute Gasteiger partial charge is 0.416 e. The van der Waals surface area contributed by atoms with Crippen LogP contribution >= 0.6 is 0 Å². The molecule has 3 aromatic heterocycles. The summed E-state index contributed by atoms with van der Waals surface area (Å²) >= 11 is 0. The first-order valence-corrected chi connectivity index (χ1v) is 14.6. The number of nitrogens with one attached hydrogen (secondary N) is 2. The lowest BCUT2D eigenvalue weighted by molar-refractivity contribution is -0.137. The van der Waals surface area contributed by atoms with Crippen LogP contribution in [-0.4, -0.2) is 49.6 Å². The molecule has 0 unspecified atom stereocenters. The molecule has 0 spiro atoms. The lowest BCUT2D eigenvalue weighted by atomic mass is 10.1. The van der Waals surface area contributed by atoms with Crippen molar-refractivity contribution in [3.8, 4) is 16.9 Å². The number of alkyl halides is 3. The summed E-state index contributed by atoms with van der Waals surface area (Å²) in [5.41, 5.74) is 3.09. The van der Waals surface area contributed by atoms with E-state index in [0.717, 1.165) is 23.3 Å². The fourth-order valence-electron chi connectivity index (χ4n) is 3.87. The molecule has 15 heteroatoms. The summed E-state index contributed by atoms with van der Waals surface area (Å²) in [7, 11) is -3.67. The third-order valence-corrected chi connectivity index (χ3v) is 5.87. The van der Waals surface area contributed by atoms with Crippen LogP contribution < -0.4 is 10.6 Å². The third-order valence-electron chi connectivity index (χ3n) is 5.87. The van der Waals surface area contributed by atoms with E-state index in [1.54, 1.807) is 62.0 Å². The first-order valence-electron chi connectivity index (χ1n) is 12.7. The first kappa shape index (κ1) is 31.8. The van der Waals surface area contributed by atoms with E-state index in [1.807, 2.05) is 13.0 Å². The fraction of sp³-hybridized carbons (Fsp3) is 0.138. The van der Waals surface area contributed by atoms with Gasteiger partial charge in [-0.1, -0.05) is 6.07 Å². The Kier molecular flexibility index (Phi) is 9.40. The molecule has 3 heterocycles. The Labute approximate surface area is 250 Å². The molecule has 0 fully saturated rings. The maximum atomic E-state index is 13.6. The molecule has 0 atom stereocenters. The molecule has 1 amide bonds. The normalized spacial score (nSPS) is 11.3. The summed E-state index contributed by atoms with van der Waals surface area (Å²) < 4.78 is 68.2. The van der Waals surface area contributed by atoms with Gasteiger partial charge in [0.1, 0.15) is 0 Å². The van der Waals surface area contributed by atoms with Crippen molar-refractivity contribution in [1.82, 2.24) is 24.5 Å². The summed E-state index contributed by atoms with van der Waals surface area (Å²) in [6, 6.07) is 13.7. The standard InChI is InChI=1S/C28H22F3N7O.CH4O3S/c1-17-5-6-19(10-25(17)37-27-33-9-7-24(36-27)20-4-3-8-32-14-20)26(39)35-22-11-21(28(29,30)31)12-23(13-22)38-15-18(2)34-16-38;1-5(2,3)4/h3-16H,1-2H3,(H,35,39)(H,33,36,37);1H3,(H,2,3,4). The van der Waals surface area contributed by atoms with Gasteiger partial charge < -0.3 is 15.2 Å². The van der Waals surface area contributed by atoms with Gasteiger partial charge in [0.25, 0.3) is 16.0 Å². The summed E-state index contributed by atoms with van der Waals surface area (Å²) in [6.07, 6.45) is 4.10. The van der Waals surface area contributed by atoms with Crippen LogP contribution in [0.25, 0.3) is 16.9 Å². The van der Waals surface area contributed by atoms with Crippen LogP contribution in [0.4, 0.5) is 30.5 Å². The molecule has 228 valence electrons. The van der Waals surface area contributed by atoms with Crippen molar-refractivity contribution in [1.29, 1.82) is 0 Å². The second-order valence-electron chi connectivity index (χ2n) is 9.54. The molecule has 0 saturated heterocycles. The average molecular weight is 626 g/mol. The van der Waals surface area contributed by atoms with Gasteiger partial charge in [0.15, 0.2) is 0 Å². The monoisotopic (exact) mass is 625 g/mol. The highest BCUT2D eigenvalue weighted by Gasteiger charge is 2.31. The zero-order valence-electron chi connectivity index (χ0n) is 23.5. The maximum Gasteiger partial charge on any atom is 0.416 e. The van der Waals surface area contributed by atoms with Gasteiger partial charge in [0.05, 0.1) is 29.5 Å². The molecular formula is C29H26F3N7O4S. The highest BCUT2D eigenvalue weighted by molar-refractivity contribution is 7.85. The minimum atomic E-state index is -4.60. The minimum Gasteiger partial charge on any atom is -0.324 e. The Morgan fingerprint density at radius 3 is 2.39 bits per heavy atom. The molecule has 0 bridgehead atoms. The van der Waals surface area contributed by atoms with Gasteiger partial charge >= 0.3 is 6.18 Å². The van der Waals surface area contributed by atoms with E-state index in [2.05, 4.69) is 30.6 Å². The molecule has 5 aromatic rings. The van der Waals surface area contributed by atoms with Crippen molar-refractivity contribution in [3.63, 3.8) is 0 Å². The van der Waals surface area contributed by atoms with Crippen LogP contribution in [0.1, 0.15) is 27.2 Å². The van der Waals surface area contributed by atoms with Crippen molar-refractivity contribution in [2.24, 2.45) is 0 Å². The molecule has 11 nitrogen and oxygen atoms in total. The van der Waals surface area contributed by atoms with E-state index in [0.29, 0.717) is 29.3 Å². The summed E-state index contributed by atoms with van der Waals surface area (Å²) in [6.45, 7) is 3.58. The highest BCUT2D eigenvalue weighted by Crippen LogP contribution is 2.33. The van der Waals surface area contributed by atoms with Crippen LogP contribution in [0.3, 0.4) is 0 Å². The summed E-state index contributed by atoms with van der Waals surface area (Å²) in [5, 5.41) is 5.71. The molecule has 0 radical (unpaired) electrons. The van der Waals surface area contributed by atoms with Gasteiger partial charge in [0.2, 0.25) is 5.95 Å². The minimum absolute atomic E-state index is 0.00114. The number of hydrogen-bond acceptors (Lipinski definition) is 8. The Bertz CT molecular complexity index is 1890. The van der Waals surface area contributed by atoms with Crippen molar-refractivity contribution < 1.29 is 30.9 Å². The van der Waals surface area contributed by atoms with E-state index in [9.17, 15) is 26.4 Å². The number of aryl methyl sites for hydroxylation is 2. The van der Waals surface area contributed by atoms with Crippen LogP contribution in [0.15, 0.2) is 85.7 Å². The predicted molar refractivity (Wildman–Crippen MR) is 158 cm³/mol. The average Bonchev–Trinajstić information content (AvgIpc) is 3.39. The number of pyridine rings is 1. The zero-order valence-corrected chi connectivity index (χ0v) is 24.3. The number of amides is 1. The van der Waals surface area contributed by atoms with Crippen LogP contribution in [0, 0.1) is 13.8 Å². The van der Waals surface area contributed by atoms with E-state index in [-0.39, 0.29) is 16.9 Å². The lowest BCUT2D eigenvalue weighted by Crippen LogP contribution is -2.14. The van der Waals surface area contributed by atoms with Gasteiger partial charge in [0, 0.05) is 53.0 Å². The number of carbonyl (C=O) groups is 1. The Morgan fingerprint density at radius 2 is 1.75 bits per heavy atom. The number of nitrogens with zero attached hydrogens (tertiary/aromatic N) is 5. The van der Waals surface area contributed by atoms with Gasteiger partial charge in [-0.15, -0.1) is 0 Å². The number of aromatic nitrogens is 5. The first-order chi connectivity index (χ1) is 20.7. The molecular weight excluding hydrogens is 599 g/mol. The SMILES string of the molecule is CS(=O)(=O)O.Cc1cn(-c2cc(NC(=O)c3ccc(C)c(Nc4nccc(-c5cccnc5)n4)c3)cc(C(F)(F)F)c2)cn1. The van der Waals surface area contributed by atoms with Crippen LogP contribution in [-0.2, 0) is 16.3 Å². The molecule has 0 aliphatic carbocycles. The quantitative estimate of drug-likeness (QED) is 0.197. The fourth-order valence-corrected chi connectivity index (χ4v) is 3.87. The van der Waals surface area contributed by atoms with E-state index in [1.165, 1.54) is 17.0 Å². The van der Waals surface area contributed by atoms with Crippen molar-refractivity contribution in [2.45, 2.75) is 20.0 Å². The number of rotatable bonds is 6. The molecule has 2 aromatic carbocycles. The Balaban J connectivity index is 0.000000818. The topological polar surface area (TPSA) is 152 Å². The number of carbonyl (C=O) groups excluding carboxylic acids is 1. The van der Waals surface area contributed by atoms with Crippen LogP contribution in [0.2, 0.25) is 0 Å². The Morgan fingerprint density at radius 1 is 1.00 bits per heavy atom. The number of halogens is 3. The van der Waals surface area contributed by atoms with E-state index >= 15 is 0 Å². The summed E-state index contributed by atoms with van der Waals surface area (Å²) in [5.74, 6) is -0.259. The molecule has 44 heavy (non-hydrogen) atoms. The number of anilines is 3. The van der Waals surface area contributed by atoms with Crippen molar-refractivity contribution >= 4 is 33.3 Å². The van der Waals surface area contributed by atoms with E-state index in [4.69, 9.17) is 4.55 Å². The molecule has 5 rings (SSSR count). The lowest BCUT2D eigenvalue weighted by Gasteiger charge is -2.14. The van der Waals surface area contributed by atoms with Gasteiger partial charge in [-0.3, -0.25) is 14.3 Å². The van der Waals surface area contributed by atoms with Crippen LogP contribution in [0.5, 0.6) is 0 Å². The molecule has 0 aliphatic rings. The Hall–Kier alpha value is -5.15. The summed E-state index contributed by atoms with van der Waals surface area (Å²) in [4.78, 5) is 30.1. The predicted octanol–water partition coefficient (Wildman–Crippen LogP) is 5.86. The maximum absolute atomic E-state index is 13.6. The van der Waals surface area contributed by atoms with Gasteiger partial charge in [-0.2, -0.15) is 21.6 Å². The highest BCUT2D eigenvalue weighted by atomic mass is 32.2. The third kappa shape index (κ3) is 8.92. The van der Waals surface area contributed by atoms with Crippen molar-refractivity contribution in [2.75, 3.05) is 16.9 Å². The van der Waals surface area contributed by atoms with E-state index < -0.39 is 27.8 Å². The molecule has 0 saturated carbocycles. The number of benzene rings is 2. The van der Waals surface area contributed by atoms with Gasteiger partial charge in [-0.05, 0) is 67.9 Å².